The van der Waals surface area contributed by atoms with Gasteiger partial charge >= 0.3 is 7.83 Å². The molecule has 2 aromatic rings. The molecule has 0 unspecified atom stereocenters. The molecule has 2 rings (SSSR count). The zero-order valence-electron chi connectivity index (χ0n) is 9.89. The van der Waals surface area contributed by atoms with E-state index in [1.54, 1.807) is 30.5 Å². The number of Topliss-reactive ketones (excluding diaryl/α,β-unsaturated/α-hetero) is 1. The van der Waals surface area contributed by atoms with Crippen LogP contribution in [-0.2, 0) is 6.42 Å². The van der Waals surface area contributed by atoms with E-state index in [0.29, 0.717) is 10.6 Å². The van der Waals surface area contributed by atoms with Gasteiger partial charge in [0.1, 0.15) is 0 Å². The van der Waals surface area contributed by atoms with Crippen LogP contribution in [0.15, 0.2) is 48.7 Å². The molecule has 0 bridgehead atoms. The number of pyridine rings is 1. The molecule has 0 aliphatic carbocycles. The summed E-state index contributed by atoms with van der Waals surface area (Å²) in [4.78, 5) is 16.0. The molecule has 1 aromatic carbocycles. The first kappa shape index (κ1) is 15.3. The lowest BCUT2D eigenvalue weighted by Gasteiger charge is -2.02. The monoisotopic (exact) mass is 280 g/mol. The Morgan fingerprint density at radius 1 is 1.16 bits per heavy atom. The van der Waals surface area contributed by atoms with Crippen LogP contribution in [0.25, 0.3) is 0 Å². The number of ketones is 1. The van der Waals surface area contributed by atoms with Crippen LogP contribution in [0.2, 0.25) is 5.02 Å². The number of carbonyl (C=O) groups excluding carboxylic acids is 1. The van der Waals surface area contributed by atoms with Crippen molar-refractivity contribution >= 4 is 25.2 Å². The van der Waals surface area contributed by atoms with Gasteiger partial charge in [0, 0.05) is 17.5 Å². The quantitative estimate of drug-likeness (QED) is 0.635. The minimum Gasteiger partial charge on any atom is -0.294 e. The first-order valence-electron chi connectivity index (χ1n) is 5.38. The Hall–Kier alpha value is -1.75. The predicted molar refractivity (Wildman–Crippen MR) is 71.7 cm³/mol. The maximum atomic E-state index is 11.9. The lowest BCUT2D eigenvalue weighted by Crippen LogP contribution is -2.05. The number of nitrogens with zero attached hydrogens (tertiary/aromatic N) is 1. The number of halogens is 3. The summed E-state index contributed by atoms with van der Waals surface area (Å²) in [6.45, 7) is 0. The smallest absolute Gasteiger partial charge is 0.294 e. The van der Waals surface area contributed by atoms with Crippen LogP contribution in [-0.4, -0.2) is 18.6 Å². The average molecular weight is 280 g/mol. The molecular formula is C13H10BClF2NO. The van der Waals surface area contributed by atoms with Gasteiger partial charge in [-0.2, -0.15) is 0 Å². The van der Waals surface area contributed by atoms with Crippen LogP contribution in [0.3, 0.4) is 0 Å². The molecular weight excluding hydrogens is 270 g/mol. The molecule has 6 heteroatoms. The van der Waals surface area contributed by atoms with Gasteiger partial charge in [-0.3, -0.25) is 18.4 Å². The Labute approximate surface area is 115 Å². The Morgan fingerprint density at radius 2 is 1.79 bits per heavy atom. The summed E-state index contributed by atoms with van der Waals surface area (Å²) in [6, 6.07) is 12.6. The molecule has 0 amide bonds. The first-order chi connectivity index (χ1) is 9.19. The molecule has 2 nitrogen and oxygen atoms in total. The fourth-order valence-electron chi connectivity index (χ4n) is 1.45. The summed E-state index contributed by atoms with van der Waals surface area (Å²) in [5.74, 6) is -0.00991. The van der Waals surface area contributed by atoms with Gasteiger partial charge in [-0.15, -0.1) is 0 Å². The zero-order valence-corrected chi connectivity index (χ0v) is 10.6. The second-order valence-electron chi connectivity index (χ2n) is 3.48. The molecule has 97 valence electrons. The van der Waals surface area contributed by atoms with Crippen molar-refractivity contribution < 1.29 is 13.4 Å². The van der Waals surface area contributed by atoms with E-state index < -0.39 is 7.83 Å². The fourth-order valence-corrected chi connectivity index (χ4v) is 1.69. The van der Waals surface area contributed by atoms with Gasteiger partial charge < -0.3 is 0 Å². The highest BCUT2D eigenvalue weighted by molar-refractivity contribution is 6.34. The van der Waals surface area contributed by atoms with E-state index in [0.717, 1.165) is 5.69 Å². The van der Waals surface area contributed by atoms with Crippen LogP contribution in [0, 0.1) is 0 Å². The van der Waals surface area contributed by atoms with E-state index in [1.165, 1.54) is 0 Å². The maximum absolute atomic E-state index is 11.9. The van der Waals surface area contributed by atoms with Crippen molar-refractivity contribution in [1.82, 2.24) is 4.98 Å². The maximum Gasteiger partial charge on any atom is 0.577 e. The van der Waals surface area contributed by atoms with E-state index in [9.17, 15) is 13.4 Å². The van der Waals surface area contributed by atoms with Gasteiger partial charge in [0.15, 0.2) is 5.78 Å². The second-order valence-corrected chi connectivity index (χ2v) is 3.89. The molecule has 0 atom stereocenters. The standard InChI is InChI=1S/C13H10ClNO.BF2/c14-12-7-2-1-6-11(12)13(16)9-10-5-3-4-8-15-10;2-1-3/h1-8H,9H2;. The molecule has 0 saturated carbocycles. The van der Waals surface area contributed by atoms with E-state index in [2.05, 4.69) is 4.98 Å². The predicted octanol–water partition coefficient (Wildman–Crippen LogP) is 3.62. The van der Waals surface area contributed by atoms with Crippen molar-refractivity contribution in [2.75, 3.05) is 0 Å². The molecule has 0 spiro atoms. The minimum atomic E-state index is -1.00. The summed E-state index contributed by atoms with van der Waals surface area (Å²) in [6.07, 6.45) is 1.96. The highest BCUT2D eigenvalue weighted by Gasteiger charge is 2.10. The van der Waals surface area contributed by atoms with Crippen molar-refractivity contribution in [3.05, 3.63) is 64.9 Å². The fraction of sp³-hybridized carbons (Fsp3) is 0.0769. The highest BCUT2D eigenvalue weighted by Crippen LogP contribution is 2.16. The number of benzene rings is 1. The Morgan fingerprint density at radius 3 is 2.37 bits per heavy atom. The molecule has 0 fully saturated rings. The number of hydrogen-bond donors (Lipinski definition) is 0. The molecule has 0 aliphatic rings. The summed E-state index contributed by atoms with van der Waals surface area (Å²) >= 11 is 5.94. The summed E-state index contributed by atoms with van der Waals surface area (Å²) in [5.41, 5.74) is 1.31. The largest absolute Gasteiger partial charge is 0.577 e. The SMILES string of the molecule is F[B]F.O=C(Cc1ccccn1)c1ccccc1Cl. The van der Waals surface area contributed by atoms with Crippen molar-refractivity contribution in [3.8, 4) is 0 Å². The number of hydrogen-bond acceptors (Lipinski definition) is 2. The average Bonchev–Trinajstić information content (AvgIpc) is 2.41. The number of rotatable bonds is 3. The minimum absolute atomic E-state index is 0.00991. The van der Waals surface area contributed by atoms with Crippen LogP contribution in [0.5, 0.6) is 0 Å². The van der Waals surface area contributed by atoms with E-state index >= 15 is 0 Å². The van der Waals surface area contributed by atoms with Gasteiger partial charge in [0.2, 0.25) is 0 Å². The number of carbonyl (C=O) groups is 1. The molecule has 0 aliphatic heterocycles. The van der Waals surface area contributed by atoms with Gasteiger partial charge in [0.25, 0.3) is 0 Å². The van der Waals surface area contributed by atoms with E-state index in [4.69, 9.17) is 11.6 Å². The molecule has 1 radical (unpaired) electrons. The lowest BCUT2D eigenvalue weighted by molar-refractivity contribution is 0.0992. The van der Waals surface area contributed by atoms with E-state index in [1.807, 2.05) is 18.2 Å². The summed E-state index contributed by atoms with van der Waals surface area (Å²) < 4.78 is 19.0. The zero-order chi connectivity index (χ0) is 14.1. The molecule has 19 heavy (non-hydrogen) atoms. The van der Waals surface area contributed by atoms with Crippen molar-refractivity contribution in [2.45, 2.75) is 6.42 Å². The van der Waals surface area contributed by atoms with Crippen LogP contribution in [0.1, 0.15) is 16.1 Å². The van der Waals surface area contributed by atoms with Crippen LogP contribution >= 0.6 is 11.6 Å². The lowest BCUT2D eigenvalue weighted by atomic mass is 10.1. The third-order valence-electron chi connectivity index (χ3n) is 2.24. The van der Waals surface area contributed by atoms with Gasteiger partial charge in [-0.05, 0) is 24.3 Å². The van der Waals surface area contributed by atoms with E-state index in [-0.39, 0.29) is 12.2 Å². The van der Waals surface area contributed by atoms with Gasteiger partial charge in [-0.25, -0.2) is 0 Å². The topological polar surface area (TPSA) is 30.0 Å². The Kier molecular flexibility index (Phi) is 6.75. The van der Waals surface area contributed by atoms with Crippen molar-refractivity contribution in [2.24, 2.45) is 0 Å². The summed E-state index contributed by atoms with van der Waals surface area (Å²) in [7, 11) is -1.00. The third kappa shape index (κ3) is 5.18. The summed E-state index contributed by atoms with van der Waals surface area (Å²) in [5, 5.41) is 0.489. The van der Waals surface area contributed by atoms with Crippen molar-refractivity contribution in [1.29, 1.82) is 0 Å². The molecule has 0 saturated heterocycles. The second kappa shape index (κ2) is 8.37. The van der Waals surface area contributed by atoms with Gasteiger partial charge in [-0.1, -0.05) is 29.8 Å². The third-order valence-corrected chi connectivity index (χ3v) is 2.57. The van der Waals surface area contributed by atoms with Crippen LogP contribution < -0.4 is 0 Å². The molecule has 1 heterocycles. The van der Waals surface area contributed by atoms with Gasteiger partial charge in [0.05, 0.1) is 11.4 Å². The normalized spacial score (nSPS) is 9.21. The van der Waals surface area contributed by atoms with Crippen LogP contribution in [0.4, 0.5) is 8.63 Å². The Balaban J connectivity index is 0.000000550. The number of aromatic nitrogens is 1. The highest BCUT2D eigenvalue weighted by atomic mass is 35.5. The Bertz CT molecular complexity index is 525. The first-order valence-corrected chi connectivity index (χ1v) is 5.76. The molecule has 1 aromatic heterocycles. The van der Waals surface area contributed by atoms with Crippen molar-refractivity contribution in [3.63, 3.8) is 0 Å². The molecule has 0 N–H and O–H groups in total.